The maximum atomic E-state index is 3.55. The van der Waals surface area contributed by atoms with Gasteiger partial charge in [-0.1, -0.05) is 25.1 Å². The average molecular weight is 244 g/mol. The van der Waals surface area contributed by atoms with Crippen molar-refractivity contribution in [2.45, 2.75) is 32.1 Å². The number of nitrogens with one attached hydrogen (secondary N) is 1. The van der Waals surface area contributed by atoms with Gasteiger partial charge in [0, 0.05) is 18.2 Å². The first kappa shape index (κ1) is 12.0. The van der Waals surface area contributed by atoms with E-state index in [0.29, 0.717) is 0 Å². The lowest BCUT2D eigenvalue weighted by atomic mass is 9.85. The third-order valence-electron chi connectivity index (χ3n) is 4.71. The number of fused-ring (bicyclic) bond motifs is 1. The van der Waals surface area contributed by atoms with Crippen LogP contribution in [0.1, 0.15) is 37.7 Å². The number of hydrogen-bond donors (Lipinski definition) is 1. The Hall–Kier alpha value is -1.02. The molecule has 1 atom stereocenters. The van der Waals surface area contributed by atoms with Gasteiger partial charge in [-0.05, 0) is 56.4 Å². The highest BCUT2D eigenvalue weighted by atomic mass is 15.1. The third kappa shape index (κ3) is 2.39. The molecule has 0 saturated carbocycles. The van der Waals surface area contributed by atoms with E-state index in [1.54, 1.807) is 5.56 Å². The monoisotopic (exact) mass is 244 g/mol. The molecular weight excluding hydrogens is 220 g/mol. The number of para-hydroxylation sites is 1. The molecule has 0 spiro atoms. The molecule has 2 nitrogen and oxygen atoms in total. The zero-order valence-electron chi connectivity index (χ0n) is 11.4. The second-order valence-corrected chi connectivity index (χ2v) is 5.78. The predicted molar refractivity (Wildman–Crippen MR) is 77.1 cm³/mol. The van der Waals surface area contributed by atoms with Crippen molar-refractivity contribution < 1.29 is 0 Å². The molecule has 2 heteroatoms. The maximum Gasteiger partial charge on any atom is 0.0376 e. The molecule has 0 amide bonds. The third-order valence-corrected chi connectivity index (χ3v) is 4.71. The standard InChI is InChI=1S/C16H24N2/c1-2-18-9-7-13(8-10-18)11-14-12-17-16-6-4-3-5-15(14)16/h3-6,13-14,17H,2,7-12H2,1H3. The van der Waals surface area contributed by atoms with Crippen LogP contribution in [0.4, 0.5) is 5.69 Å². The number of likely N-dealkylation sites (tertiary alicyclic amines) is 1. The zero-order chi connectivity index (χ0) is 12.4. The van der Waals surface area contributed by atoms with Crippen LogP contribution in [0.2, 0.25) is 0 Å². The summed E-state index contributed by atoms with van der Waals surface area (Å²) in [5.41, 5.74) is 2.92. The first-order valence-corrected chi connectivity index (χ1v) is 7.42. The fraction of sp³-hybridized carbons (Fsp3) is 0.625. The Morgan fingerprint density at radius 3 is 2.78 bits per heavy atom. The van der Waals surface area contributed by atoms with Crippen molar-refractivity contribution in [2.75, 3.05) is 31.5 Å². The molecule has 1 saturated heterocycles. The van der Waals surface area contributed by atoms with Gasteiger partial charge in [-0.25, -0.2) is 0 Å². The molecule has 0 aliphatic carbocycles. The van der Waals surface area contributed by atoms with Gasteiger partial charge in [0.2, 0.25) is 0 Å². The van der Waals surface area contributed by atoms with Crippen molar-refractivity contribution >= 4 is 5.69 Å². The minimum absolute atomic E-state index is 0.749. The highest BCUT2D eigenvalue weighted by Gasteiger charge is 2.26. The summed E-state index contributed by atoms with van der Waals surface area (Å²) < 4.78 is 0. The SMILES string of the molecule is CCN1CCC(CC2CNc3ccccc32)CC1. The summed E-state index contributed by atoms with van der Waals surface area (Å²) in [6.45, 7) is 7.26. The van der Waals surface area contributed by atoms with Gasteiger partial charge in [0.1, 0.15) is 0 Å². The number of anilines is 1. The molecule has 1 N–H and O–H groups in total. The van der Waals surface area contributed by atoms with E-state index >= 15 is 0 Å². The van der Waals surface area contributed by atoms with Gasteiger partial charge in [0.25, 0.3) is 0 Å². The maximum absolute atomic E-state index is 3.55. The van der Waals surface area contributed by atoms with Crippen LogP contribution in [0.15, 0.2) is 24.3 Å². The Bertz CT molecular complexity index is 394. The Balaban J connectivity index is 1.59. The van der Waals surface area contributed by atoms with E-state index in [1.807, 2.05) is 0 Å². The van der Waals surface area contributed by atoms with Crippen molar-refractivity contribution in [3.05, 3.63) is 29.8 Å². The van der Waals surface area contributed by atoms with Gasteiger partial charge in [0.15, 0.2) is 0 Å². The molecule has 3 rings (SSSR count). The highest BCUT2D eigenvalue weighted by Crippen LogP contribution is 2.37. The van der Waals surface area contributed by atoms with Crippen LogP contribution in [0.3, 0.4) is 0 Å². The highest BCUT2D eigenvalue weighted by molar-refractivity contribution is 5.57. The Labute approximate surface area is 110 Å². The summed E-state index contributed by atoms with van der Waals surface area (Å²) in [6.07, 6.45) is 4.17. The molecule has 1 aromatic carbocycles. The van der Waals surface area contributed by atoms with Crippen molar-refractivity contribution in [1.29, 1.82) is 0 Å². The van der Waals surface area contributed by atoms with Gasteiger partial charge >= 0.3 is 0 Å². The van der Waals surface area contributed by atoms with Crippen LogP contribution >= 0.6 is 0 Å². The summed E-state index contributed by atoms with van der Waals surface area (Å²) in [4.78, 5) is 2.58. The Morgan fingerprint density at radius 1 is 1.22 bits per heavy atom. The van der Waals surface area contributed by atoms with Gasteiger partial charge < -0.3 is 10.2 Å². The smallest absolute Gasteiger partial charge is 0.0376 e. The largest absolute Gasteiger partial charge is 0.384 e. The fourth-order valence-corrected chi connectivity index (χ4v) is 3.51. The lowest BCUT2D eigenvalue weighted by molar-refractivity contribution is 0.182. The molecule has 0 radical (unpaired) electrons. The minimum atomic E-state index is 0.749. The van der Waals surface area contributed by atoms with Crippen LogP contribution in [0, 0.1) is 5.92 Å². The van der Waals surface area contributed by atoms with Gasteiger partial charge in [-0.15, -0.1) is 0 Å². The molecule has 2 aliphatic heterocycles. The summed E-state index contributed by atoms with van der Waals surface area (Å²) in [7, 11) is 0. The molecule has 0 bridgehead atoms. The normalized spacial score (nSPS) is 24.8. The van der Waals surface area contributed by atoms with Gasteiger partial charge in [-0.2, -0.15) is 0 Å². The first-order valence-electron chi connectivity index (χ1n) is 7.42. The van der Waals surface area contributed by atoms with Crippen LogP contribution in [-0.4, -0.2) is 31.1 Å². The molecular formula is C16H24N2. The Morgan fingerprint density at radius 2 is 2.00 bits per heavy atom. The molecule has 1 fully saturated rings. The van der Waals surface area contributed by atoms with E-state index in [9.17, 15) is 0 Å². The molecule has 2 aliphatic rings. The van der Waals surface area contributed by atoms with Gasteiger partial charge in [-0.3, -0.25) is 0 Å². The van der Waals surface area contributed by atoms with E-state index in [2.05, 4.69) is 41.4 Å². The van der Waals surface area contributed by atoms with Crippen molar-refractivity contribution in [3.63, 3.8) is 0 Å². The second-order valence-electron chi connectivity index (χ2n) is 5.78. The molecule has 0 aromatic heterocycles. The number of hydrogen-bond acceptors (Lipinski definition) is 2. The van der Waals surface area contributed by atoms with Crippen LogP contribution in [0.5, 0.6) is 0 Å². The van der Waals surface area contributed by atoms with E-state index in [-0.39, 0.29) is 0 Å². The average Bonchev–Trinajstić information content (AvgIpc) is 2.83. The lowest BCUT2D eigenvalue weighted by Gasteiger charge is -2.32. The van der Waals surface area contributed by atoms with E-state index in [4.69, 9.17) is 0 Å². The summed E-state index contributed by atoms with van der Waals surface area (Å²) in [6, 6.07) is 8.84. The number of nitrogens with zero attached hydrogens (tertiary/aromatic N) is 1. The molecule has 1 unspecified atom stereocenters. The number of piperidine rings is 1. The van der Waals surface area contributed by atoms with Crippen molar-refractivity contribution in [1.82, 2.24) is 4.90 Å². The van der Waals surface area contributed by atoms with Crippen LogP contribution in [0.25, 0.3) is 0 Å². The molecule has 2 heterocycles. The summed E-state index contributed by atoms with van der Waals surface area (Å²) in [5, 5.41) is 3.55. The quantitative estimate of drug-likeness (QED) is 0.877. The second kappa shape index (κ2) is 5.31. The van der Waals surface area contributed by atoms with Crippen LogP contribution in [-0.2, 0) is 0 Å². The van der Waals surface area contributed by atoms with Gasteiger partial charge in [0.05, 0.1) is 0 Å². The number of rotatable bonds is 3. The van der Waals surface area contributed by atoms with E-state index in [0.717, 1.165) is 18.4 Å². The van der Waals surface area contributed by atoms with Crippen LogP contribution < -0.4 is 5.32 Å². The van der Waals surface area contributed by atoms with Crippen molar-refractivity contribution in [3.8, 4) is 0 Å². The van der Waals surface area contributed by atoms with E-state index < -0.39 is 0 Å². The summed E-state index contributed by atoms with van der Waals surface area (Å²) in [5.74, 6) is 1.69. The Kier molecular flexibility index (Phi) is 3.55. The summed E-state index contributed by atoms with van der Waals surface area (Å²) >= 11 is 0. The minimum Gasteiger partial charge on any atom is -0.384 e. The number of benzene rings is 1. The topological polar surface area (TPSA) is 15.3 Å². The fourth-order valence-electron chi connectivity index (χ4n) is 3.51. The molecule has 1 aromatic rings. The first-order chi connectivity index (χ1) is 8.86. The van der Waals surface area contributed by atoms with E-state index in [1.165, 1.54) is 44.6 Å². The predicted octanol–water partition coefficient (Wildman–Crippen LogP) is 3.32. The van der Waals surface area contributed by atoms with Crippen molar-refractivity contribution in [2.24, 2.45) is 5.92 Å². The molecule has 98 valence electrons. The molecule has 18 heavy (non-hydrogen) atoms. The zero-order valence-corrected chi connectivity index (χ0v) is 11.4. The lowest BCUT2D eigenvalue weighted by Crippen LogP contribution is -2.33.